The summed E-state index contributed by atoms with van der Waals surface area (Å²) in [7, 11) is 1.78. The molecular weight excluding hydrogens is 80.1 g/mol. The van der Waals surface area contributed by atoms with Crippen molar-refractivity contribution in [3.63, 3.8) is 0 Å². The Kier molecular flexibility index (Phi) is 4.71. The Balaban J connectivity index is 2.34. The molecule has 0 aliphatic rings. The fourth-order valence-electron chi connectivity index (χ4n) is 0.139. The molecule has 0 unspecified atom stereocenters. The second-order valence-electron chi connectivity index (χ2n) is 0.808. The highest BCUT2D eigenvalue weighted by atomic mass is 15.4. The topological polar surface area (TPSA) is 62.1 Å². The molecule has 5 N–H and O–H groups in total. The summed E-state index contributed by atoms with van der Waals surface area (Å²) < 4.78 is 0. The van der Waals surface area contributed by atoms with Crippen molar-refractivity contribution >= 4 is 0 Å². The Hall–Kier alpha value is -0.160. The van der Waals surface area contributed by atoms with E-state index in [1.165, 1.54) is 0 Å². The molecule has 0 heterocycles. The van der Waals surface area contributed by atoms with E-state index in [-0.39, 0.29) is 0 Å². The van der Waals surface area contributed by atoms with Crippen LogP contribution in [0.4, 0.5) is 0 Å². The predicted octanol–water partition coefficient (Wildman–Crippen LogP) is -1.87. The molecule has 0 fully saturated rings. The van der Waals surface area contributed by atoms with Crippen LogP contribution < -0.4 is 22.1 Å². The van der Waals surface area contributed by atoms with E-state index < -0.39 is 0 Å². The minimum absolute atomic E-state index is 0.580. The number of nitrogens with two attached hydrogens (primary N) is 1. The lowest BCUT2D eigenvalue weighted by molar-refractivity contribution is 0.539. The molecule has 0 aliphatic heterocycles. The van der Waals surface area contributed by atoms with Crippen LogP contribution in [-0.4, -0.2) is 13.7 Å². The van der Waals surface area contributed by atoms with E-state index in [0.29, 0.717) is 6.67 Å². The molecule has 38 valence electrons. The van der Waals surface area contributed by atoms with Crippen LogP contribution in [0, 0.1) is 0 Å². The Morgan fingerprint density at radius 2 is 2.33 bits per heavy atom. The van der Waals surface area contributed by atoms with Crippen molar-refractivity contribution < 1.29 is 0 Å². The average molecular weight is 90.1 g/mol. The first-order chi connectivity index (χ1) is 2.91. The number of hydrogen-bond donors (Lipinski definition) is 4. The molecule has 0 amide bonds. The van der Waals surface area contributed by atoms with E-state index in [1.807, 2.05) is 0 Å². The molecule has 6 heavy (non-hydrogen) atoms. The van der Waals surface area contributed by atoms with E-state index in [4.69, 9.17) is 5.84 Å². The first-order valence-corrected chi connectivity index (χ1v) is 1.75. The highest BCUT2D eigenvalue weighted by molar-refractivity contribution is 4.20. The average Bonchev–Trinajstić information content (AvgIpc) is 1.61. The van der Waals surface area contributed by atoms with Crippen LogP contribution in [0.1, 0.15) is 0 Å². The first kappa shape index (κ1) is 5.84. The molecule has 0 bridgehead atoms. The van der Waals surface area contributed by atoms with E-state index in [0.717, 1.165) is 0 Å². The maximum Gasteiger partial charge on any atom is 0.0718 e. The van der Waals surface area contributed by atoms with Gasteiger partial charge in [0.15, 0.2) is 0 Å². The number of hydrogen-bond acceptors (Lipinski definition) is 4. The smallest absolute Gasteiger partial charge is 0.0718 e. The molecule has 0 radical (unpaired) electrons. The lowest BCUT2D eigenvalue weighted by Gasteiger charge is -1.96. The van der Waals surface area contributed by atoms with Crippen LogP contribution in [0.25, 0.3) is 0 Å². The summed E-state index contributed by atoms with van der Waals surface area (Å²) in [5.41, 5.74) is 7.78. The Morgan fingerprint density at radius 3 is 2.50 bits per heavy atom. The highest BCUT2D eigenvalue weighted by Crippen LogP contribution is 1.27. The second kappa shape index (κ2) is 4.84. The minimum Gasteiger partial charge on any atom is -0.270 e. The van der Waals surface area contributed by atoms with Crippen molar-refractivity contribution in [1.82, 2.24) is 16.3 Å². The van der Waals surface area contributed by atoms with Crippen molar-refractivity contribution in [3.8, 4) is 0 Å². The van der Waals surface area contributed by atoms with Gasteiger partial charge >= 0.3 is 0 Å². The SMILES string of the molecule is CNNCNN. The van der Waals surface area contributed by atoms with E-state index in [9.17, 15) is 0 Å². The number of nitrogens with one attached hydrogen (secondary N) is 3. The monoisotopic (exact) mass is 90.1 g/mol. The van der Waals surface area contributed by atoms with Gasteiger partial charge in [-0.2, -0.15) is 0 Å². The quantitative estimate of drug-likeness (QED) is 0.142. The summed E-state index contributed by atoms with van der Waals surface area (Å²) in [5, 5.41) is 0. The second-order valence-corrected chi connectivity index (χ2v) is 0.808. The van der Waals surface area contributed by atoms with Gasteiger partial charge < -0.3 is 0 Å². The fourth-order valence-corrected chi connectivity index (χ4v) is 0.139. The Bertz CT molecular complexity index is 17.5. The predicted molar refractivity (Wildman–Crippen MR) is 24.4 cm³/mol. The van der Waals surface area contributed by atoms with Gasteiger partial charge in [-0.25, -0.2) is 10.9 Å². The standard InChI is InChI=1S/C2H10N4/c1-4-6-2-5-3/h4-6H,2-3H2,1H3. The van der Waals surface area contributed by atoms with Crippen molar-refractivity contribution in [1.29, 1.82) is 0 Å². The Morgan fingerprint density at radius 1 is 1.67 bits per heavy atom. The summed E-state index contributed by atoms with van der Waals surface area (Å²) >= 11 is 0. The fraction of sp³-hybridized carbons (Fsp3) is 1.00. The normalized spacial score (nSPS) is 9.00. The minimum atomic E-state index is 0.580. The largest absolute Gasteiger partial charge is 0.270 e. The Labute approximate surface area is 37.0 Å². The van der Waals surface area contributed by atoms with Crippen molar-refractivity contribution in [3.05, 3.63) is 0 Å². The molecule has 0 aromatic carbocycles. The molecular formula is C2H10N4. The number of hydrazine groups is 2. The van der Waals surface area contributed by atoms with Crippen LogP contribution in [0.15, 0.2) is 0 Å². The molecule has 4 heteroatoms. The molecule has 0 rings (SSSR count). The van der Waals surface area contributed by atoms with Crippen LogP contribution >= 0.6 is 0 Å². The lowest BCUT2D eigenvalue weighted by atomic mass is 11.2. The van der Waals surface area contributed by atoms with Crippen LogP contribution in [0.2, 0.25) is 0 Å². The van der Waals surface area contributed by atoms with Gasteiger partial charge in [0.1, 0.15) is 0 Å². The van der Waals surface area contributed by atoms with Gasteiger partial charge in [-0.05, 0) is 7.05 Å². The van der Waals surface area contributed by atoms with Crippen molar-refractivity contribution in [2.45, 2.75) is 0 Å². The van der Waals surface area contributed by atoms with Gasteiger partial charge in [0.2, 0.25) is 0 Å². The summed E-state index contributed by atoms with van der Waals surface area (Å²) in [4.78, 5) is 0. The molecule has 4 nitrogen and oxygen atoms in total. The summed E-state index contributed by atoms with van der Waals surface area (Å²) in [6, 6.07) is 0. The zero-order valence-electron chi connectivity index (χ0n) is 3.78. The van der Waals surface area contributed by atoms with Gasteiger partial charge in [-0.15, -0.1) is 0 Å². The molecule has 0 aromatic rings. The molecule has 0 saturated carbocycles. The van der Waals surface area contributed by atoms with E-state index >= 15 is 0 Å². The van der Waals surface area contributed by atoms with Crippen molar-refractivity contribution in [2.75, 3.05) is 13.7 Å². The molecule has 0 aromatic heterocycles. The van der Waals surface area contributed by atoms with E-state index in [2.05, 4.69) is 16.3 Å². The third-order valence-electron chi connectivity index (χ3n) is 0.367. The van der Waals surface area contributed by atoms with Gasteiger partial charge in [0, 0.05) is 0 Å². The van der Waals surface area contributed by atoms with Gasteiger partial charge in [-0.3, -0.25) is 11.3 Å². The summed E-state index contributed by atoms with van der Waals surface area (Å²) in [6.07, 6.45) is 0. The number of rotatable bonds is 3. The summed E-state index contributed by atoms with van der Waals surface area (Å²) in [6.45, 7) is 0.580. The van der Waals surface area contributed by atoms with Crippen LogP contribution in [-0.2, 0) is 0 Å². The zero-order chi connectivity index (χ0) is 4.83. The molecule has 0 aliphatic carbocycles. The van der Waals surface area contributed by atoms with Crippen LogP contribution in [0.3, 0.4) is 0 Å². The lowest BCUT2D eigenvalue weighted by Crippen LogP contribution is -2.39. The third-order valence-corrected chi connectivity index (χ3v) is 0.367. The molecule has 0 atom stereocenters. The van der Waals surface area contributed by atoms with Crippen molar-refractivity contribution in [2.24, 2.45) is 5.84 Å². The maximum atomic E-state index is 4.86. The van der Waals surface area contributed by atoms with Gasteiger partial charge in [0.05, 0.1) is 6.67 Å². The summed E-state index contributed by atoms with van der Waals surface area (Å²) in [5.74, 6) is 4.86. The maximum absolute atomic E-state index is 4.86. The molecule has 0 saturated heterocycles. The highest BCUT2D eigenvalue weighted by Gasteiger charge is 1.66. The van der Waals surface area contributed by atoms with E-state index in [1.54, 1.807) is 7.05 Å². The van der Waals surface area contributed by atoms with Gasteiger partial charge in [-0.1, -0.05) is 0 Å². The van der Waals surface area contributed by atoms with Crippen LogP contribution in [0.5, 0.6) is 0 Å². The zero-order valence-corrected chi connectivity index (χ0v) is 3.78. The first-order valence-electron chi connectivity index (χ1n) is 1.75. The molecule has 0 spiro atoms. The third kappa shape index (κ3) is 3.84. The van der Waals surface area contributed by atoms with Gasteiger partial charge in [0.25, 0.3) is 0 Å².